The van der Waals surface area contributed by atoms with E-state index in [1.54, 1.807) is 30.5 Å². The van der Waals surface area contributed by atoms with Crippen molar-refractivity contribution in [3.05, 3.63) is 53.9 Å². The van der Waals surface area contributed by atoms with Crippen LogP contribution < -0.4 is 20.9 Å². The molecule has 1 fully saturated rings. The van der Waals surface area contributed by atoms with Gasteiger partial charge in [0.2, 0.25) is 0 Å². The molecule has 152 valence electrons. The number of rotatable bonds is 6. The van der Waals surface area contributed by atoms with E-state index in [2.05, 4.69) is 4.98 Å². The van der Waals surface area contributed by atoms with Gasteiger partial charge in [-0.25, -0.2) is 4.98 Å². The molecule has 0 unspecified atom stereocenters. The molecule has 28 heavy (non-hydrogen) atoms. The van der Waals surface area contributed by atoms with Crippen molar-refractivity contribution in [1.29, 1.82) is 10.8 Å². The zero-order valence-electron chi connectivity index (χ0n) is 15.3. The van der Waals surface area contributed by atoms with Gasteiger partial charge in [0, 0.05) is 5.56 Å². The second-order valence-corrected chi connectivity index (χ2v) is 6.37. The molecule has 3 rings (SSSR count). The van der Waals surface area contributed by atoms with E-state index in [1.165, 1.54) is 0 Å². The quantitative estimate of drug-likeness (QED) is 0.416. The Bertz CT molecular complexity index is 708. The monoisotopic (exact) mass is 425 g/mol. The van der Waals surface area contributed by atoms with E-state index in [0.717, 1.165) is 31.4 Å². The molecule has 0 bridgehead atoms. The topological polar surface area (TPSA) is 131 Å². The number of ether oxygens (including phenoxy) is 2. The number of aromatic nitrogens is 1. The van der Waals surface area contributed by atoms with E-state index in [0.29, 0.717) is 17.0 Å². The van der Waals surface area contributed by atoms with Crippen LogP contribution in [0.1, 0.15) is 36.9 Å². The summed E-state index contributed by atoms with van der Waals surface area (Å²) in [5, 5.41) is 14.8. The average molecular weight is 426 g/mol. The van der Waals surface area contributed by atoms with Gasteiger partial charge in [-0.15, -0.1) is 24.8 Å². The Hall–Kier alpha value is -2.51. The van der Waals surface area contributed by atoms with Gasteiger partial charge in [0.15, 0.2) is 0 Å². The minimum atomic E-state index is -0.0504. The molecule has 1 aliphatic rings. The standard InChI is InChI=1S/C19H23N5O2.2ClH/c20-18(21)12-1-3-13(4-2-12)25-14-5-7-15(8-6-14)26-16-9-10-17(19(22)23)24-11-16;;/h1-4,9-11,14-15H,5-8H2,(H3,20,21)(H3,22,23);2*1H. The molecule has 0 spiro atoms. The molecule has 0 saturated heterocycles. The summed E-state index contributed by atoms with van der Waals surface area (Å²) in [7, 11) is 0. The third kappa shape index (κ3) is 6.28. The third-order valence-corrected chi connectivity index (χ3v) is 4.40. The highest BCUT2D eigenvalue weighted by atomic mass is 35.5. The van der Waals surface area contributed by atoms with Crippen LogP contribution in [0.2, 0.25) is 0 Å². The van der Waals surface area contributed by atoms with Crippen molar-refractivity contribution in [2.24, 2.45) is 11.5 Å². The van der Waals surface area contributed by atoms with E-state index in [1.807, 2.05) is 12.1 Å². The van der Waals surface area contributed by atoms with E-state index in [4.69, 9.17) is 31.8 Å². The number of nitrogen functional groups attached to an aromatic ring is 2. The van der Waals surface area contributed by atoms with Crippen molar-refractivity contribution < 1.29 is 9.47 Å². The second kappa shape index (κ2) is 10.7. The molecule has 0 radical (unpaired) electrons. The number of nitrogens with one attached hydrogen (secondary N) is 2. The number of hydrogen-bond donors (Lipinski definition) is 4. The first-order valence-electron chi connectivity index (χ1n) is 8.59. The van der Waals surface area contributed by atoms with Crippen molar-refractivity contribution in [3.63, 3.8) is 0 Å². The Morgan fingerprint density at radius 3 is 1.71 bits per heavy atom. The normalized spacial score (nSPS) is 18.1. The summed E-state index contributed by atoms with van der Waals surface area (Å²) in [4.78, 5) is 4.11. The molecule has 7 nitrogen and oxygen atoms in total. The number of halogens is 2. The molecule has 1 saturated carbocycles. The number of amidine groups is 2. The summed E-state index contributed by atoms with van der Waals surface area (Å²) >= 11 is 0. The number of nitrogens with two attached hydrogens (primary N) is 2. The van der Waals surface area contributed by atoms with Crippen LogP contribution in [-0.4, -0.2) is 28.9 Å². The summed E-state index contributed by atoms with van der Waals surface area (Å²) in [6, 6.07) is 10.8. The van der Waals surface area contributed by atoms with E-state index < -0.39 is 0 Å². The van der Waals surface area contributed by atoms with Crippen molar-refractivity contribution >= 4 is 36.5 Å². The zero-order valence-corrected chi connectivity index (χ0v) is 16.9. The highest BCUT2D eigenvalue weighted by molar-refractivity contribution is 5.95. The molecule has 1 aliphatic carbocycles. The Labute approximate surface area is 176 Å². The van der Waals surface area contributed by atoms with Crippen LogP contribution in [0.15, 0.2) is 42.6 Å². The van der Waals surface area contributed by atoms with Gasteiger partial charge >= 0.3 is 0 Å². The van der Waals surface area contributed by atoms with E-state index >= 15 is 0 Å². The fourth-order valence-corrected chi connectivity index (χ4v) is 2.98. The number of nitrogens with zero attached hydrogens (tertiary/aromatic N) is 1. The molecule has 1 aromatic carbocycles. The Kier molecular flexibility index (Phi) is 9.02. The lowest BCUT2D eigenvalue weighted by molar-refractivity contribution is 0.0804. The Morgan fingerprint density at radius 2 is 1.29 bits per heavy atom. The van der Waals surface area contributed by atoms with Crippen LogP contribution >= 0.6 is 24.8 Å². The van der Waals surface area contributed by atoms with Gasteiger partial charge in [0.1, 0.15) is 28.9 Å². The van der Waals surface area contributed by atoms with Gasteiger partial charge in [-0.3, -0.25) is 10.8 Å². The molecule has 6 N–H and O–H groups in total. The van der Waals surface area contributed by atoms with E-state index in [9.17, 15) is 0 Å². The van der Waals surface area contributed by atoms with Crippen LogP contribution in [0, 0.1) is 10.8 Å². The molecule has 1 aromatic heterocycles. The average Bonchev–Trinajstić information content (AvgIpc) is 2.64. The maximum Gasteiger partial charge on any atom is 0.141 e. The second-order valence-electron chi connectivity index (χ2n) is 6.37. The van der Waals surface area contributed by atoms with Crippen molar-refractivity contribution in [2.75, 3.05) is 0 Å². The fraction of sp³-hybridized carbons (Fsp3) is 0.316. The molecular weight excluding hydrogens is 401 g/mol. The summed E-state index contributed by atoms with van der Waals surface area (Å²) in [5.41, 5.74) is 12.0. The Morgan fingerprint density at radius 1 is 0.786 bits per heavy atom. The Balaban J connectivity index is 0.00000196. The van der Waals surface area contributed by atoms with Crippen LogP contribution in [0.25, 0.3) is 0 Å². The molecule has 1 heterocycles. The fourth-order valence-electron chi connectivity index (χ4n) is 2.98. The first-order chi connectivity index (χ1) is 12.5. The van der Waals surface area contributed by atoms with Crippen molar-refractivity contribution in [2.45, 2.75) is 37.9 Å². The molecule has 2 aromatic rings. The van der Waals surface area contributed by atoms with Gasteiger partial charge in [-0.1, -0.05) is 0 Å². The number of hydrogen-bond acceptors (Lipinski definition) is 5. The zero-order chi connectivity index (χ0) is 18.5. The molecule has 0 amide bonds. The van der Waals surface area contributed by atoms with Gasteiger partial charge in [0.25, 0.3) is 0 Å². The maximum absolute atomic E-state index is 7.41. The predicted molar refractivity (Wildman–Crippen MR) is 115 cm³/mol. The summed E-state index contributed by atoms with van der Waals surface area (Å²) in [5.74, 6) is 1.49. The highest BCUT2D eigenvalue weighted by Gasteiger charge is 2.23. The minimum absolute atomic E-state index is 0. The summed E-state index contributed by atoms with van der Waals surface area (Å²) < 4.78 is 12.0. The lowest BCUT2D eigenvalue weighted by atomic mass is 9.95. The molecule has 0 aliphatic heterocycles. The van der Waals surface area contributed by atoms with E-state index in [-0.39, 0.29) is 48.7 Å². The number of pyridine rings is 1. The van der Waals surface area contributed by atoms with Crippen molar-refractivity contribution in [1.82, 2.24) is 4.98 Å². The lowest BCUT2D eigenvalue weighted by Crippen LogP contribution is -2.30. The molecule has 0 atom stereocenters. The van der Waals surface area contributed by atoms with Gasteiger partial charge in [-0.2, -0.15) is 0 Å². The van der Waals surface area contributed by atoms with Crippen LogP contribution in [0.4, 0.5) is 0 Å². The van der Waals surface area contributed by atoms with Gasteiger partial charge < -0.3 is 20.9 Å². The van der Waals surface area contributed by atoms with Crippen LogP contribution in [0.3, 0.4) is 0 Å². The van der Waals surface area contributed by atoms with Gasteiger partial charge in [0.05, 0.1) is 18.4 Å². The lowest BCUT2D eigenvalue weighted by Gasteiger charge is -2.29. The molecular formula is C19H25Cl2N5O2. The largest absolute Gasteiger partial charge is 0.490 e. The predicted octanol–water partition coefficient (Wildman–Crippen LogP) is 3.26. The maximum atomic E-state index is 7.41. The van der Waals surface area contributed by atoms with Crippen LogP contribution in [0.5, 0.6) is 11.5 Å². The third-order valence-electron chi connectivity index (χ3n) is 4.40. The first-order valence-corrected chi connectivity index (χ1v) is 8.59. The summed E-state index contributed by atoms with van der Waals surface area (Å²) in [6.45, 7) is 0. The number of benzene rings is 1. The highest BCUT2D eigenvalue weighted by Crippen LogP contribution is 2.27. The SMILES string of the molecule is Cl.Cl.N=C(N)c1ccc(OC2CCC(Oc3ccc(C(=N)N)nc3)CC2)cc1. The van der Waals surface area contributed by atoms with Gasteiger partial charge in [-0.05, 0) is 62.1 Å². The summed E-state index contributed by atoms with van der Waals surface area (Å²) in [6.07, 6.45) is 5.55. The smallest absolute Gasteiger partial charge is 0.141 e. The first kappa shape index (κ1) is 23.5. The molecule has 9 heteroatoms. The van der Waals surface area contributed by atoms with Crippen LogP contribution in [-0.2, 0) is 0 Å². The minimum Gasteiger partial charge on any atom is -0.490 e. The van der Waals surface area contributed by atoms with Crippen molar-refractivity contribution in [3.8, 4) is 11.5 Å².